The maximum absolute atomic E-state index is 13.0. The van der Waals surface area contributed by atoms with E-state index in [1.54, 1.807) is 0 Å². The second-order valence-corrected chi connectivity index (χ2v) is 23.3. The maximum atomic E-state index is 13.0. The highest BCUT2D eigenvalue weighted by atomic mass is 31.2. The summed E-state index contributed by atoms with van der Waals surface area (Å²) in [5.41, 5.74) is 0. The number of rotatable bonds is 61. The molecule has 0 aromatic carbocycles. The van der Waals surface area contributed by atoms with E-state index in [-0.39, 0.29) is 25.9 Å². The van der Waals surface area contributed by atoms with Crippen LogP contribution in [0.15, 0.2) is 122 Å². The molecule has 0 radical (unpaired) electrons. The number of hydrogen-bond acceptors (Lipinski definition) is 10. The molecule has 0 aliphatic rings. The molecule has 0 saturated carbocycles. The minimum absolute atomic E-state index is 0.144. The molecule has 0 spiro atoms. The van der Waals surface area contributed by atoms with Crippen LogP contribution in [0.3, 0.4) is 0 Å². The second-order valence-electron chi connectivity index (χ2n) is 21.9. The summed E-state index contributed by atoms with van der Waals surface area (Å²) in [4.78, 5) is 48.9. The lowest BCUT2D eigenvalue weighted by atomic mass is 10.1. The Morgan fingerprint density at radius 2 is 0.619 bits per heavy atom. The van der Waals surface area contributed by atoms with Crippen molar-refractivity contribution in [2.75, 3.05) is 26.4 Å². The van der Waals surface area contributed by atoms with Crippen LogP contribution in [0.1, 0.15) is 278 Å². The normalized spacial score (nSPS) is 14.0. The van der Waals surface area contributed by atoms with Gasteiger partial charge in [-0.25, -0.2) is 4.57 Å². The average molecular weight is 1190 g/mol. The first-order valence-electron chi connectivity index (χ1n) is 33.4. The summed E-state index contributed by atoms with van der Waals surface area (Å²) in [6.45, 7) is 4.38. The van der Waals surface area contributed by atoms with E-state index in [0.29, 0.717) is 19.3 Å². The quantitative estimate of drug-likeness (QED) is 0.0197. The third-order valence-electron chi connectivity index (χ3n) is 13.8. The van der Waals surface area contributed by atoms with Crippen molar-refractivity contribution in [3.63, 3.8) is 0 Å². The number of hydrogen-bond donors (Lipinski definition) is 2. The van der Waals surface area contributed by atoms with Crippen LogP contribution >= 0.6 is 7.82 Å². The van der Waals surface area contributed by atoms with Crippen molar-refractivity contribution in [1.82, 2.24) is 0 Å². The second kappa shape index (κ2) is 64.9. The van der Waals surface area contributed by atoms with Crippen LogP contribution in [0.25, 0.3) is 0 Å². The summed E-state index contributed by atoms with van der Waals surface area (Å²) in [6, 6.07) is 0. The number of ether oxygens (including phenoxy) is 3. The van der Waals surface area contributed by atoms with Crippen molar-refractivity contribution in [3.05, 3.63) is 122 Å². The summed E-state index contributed by atoms with van der Waals surface area (Å²) < 4.78 is 39.7. The average Bonchev–Trinajstić information content (AvgIpc) is 3.54. The standard InChI is InChI=1S/C72H121O11P/c1-4-7-10-13-16-19-22-25-28-31-34-37-40-43-46-49-52-55-58-61-70(74)79-65-69(83-72(76)63-60-57-54-51-48-45-42-39-36-33-30-27-24-21-18-15-12-9-6-3)67-81-84(77,78)80-66-68(64-73)82-71(75)62-59-56-53-50-47-44-41-38-35-32-29-26-23-20-17-14-11-8-5-2/h8-9,11-12,16-21,25-30,35-36,38-39,68-69,73H,4-7,10,13-15,22-24,31-34,37,40-67H2,1-3H3,(H,77,78)/b11-8-,12-9-,19-16-,20-17-,21-18-,28-25-,29-26-,30-27-,38-35-,39-36-. The number of esters is 3. The number of phosphoric acid groups is 1. The van der Waals surface area contributed by atoms with Crippen LogP contribution < -0.4 is 0 Å². The first-order chi connectivity index (χ1) is 41.2. The van der Waals surface area contributed by atoms with Crippen molar-refractivity contribution in [2.24, 2.45) is 0 Å². The highest BCUT2D eigenvalue weighted by molar-refractivity contribution is 7.47. The summed E-state index contributed by atoms with van der Waals surface area (Å²) in [5.74, 6) is -1.50. The van der Waals surface area contributed by atoms with Gasteiger partial charge in [-0.3, -0.25) is 23.4 Å². The minimum atomic E-state index is -4.77. The minimum Gasteiger partial charge on any atom is -0.462 e. The molecule has 11 nitrogen and oxygen atoms in total. The largest absolute Gasteiger partial charge is 0.472 e. The fourth-order valence-electron chi connectivity index (χ4n) is 8.84. The van der Waals surface area contributed by atoms with E-state index in [1.165, 1.54) is 57.8 Å². The first kappa shape index (κ1) is 79.9. The first-order valence-corrected chi connectivity index (χ1v) is 34.9. The van der Waals surface area contributed by atoms with Gasteiger partial charge in [-0.2, -0.15) is 0 Å². The number of unbranched alkanes of at least 4 members (excludes halogenated alkanes) is 24. The van der Waals surface area contributed by atoms with Gasteiger partial charge in [0.2, 0.25) is 0 Å². The van der Waals surface area contributed by atoms with Gasteiger partial charge in [-0.1, -0.05) is 251 Å². The van der Waals surface area contributed by atoms with E-state index >= 15 is 0 Å². The molecule has 0 amide bonds. The van der Waals surface area contributed by atoms with Gasteiger partial charge < -0.3 is 24.2 Å². The fraction of sp³-hybridized carbons (Fsp3) is 0.681. The van der Waals surface area contributed by atoms with Crippen LogP contribution in [0.5, 0.6) is 0 Å². The van der Waals surface area contributed by atoms with Crippen LogP contribution in [0, 0.1) is 0 Å². The zero-order valence-electron chi connectivity index (χ0n) is 53.3. The number of aliphatic hydroxyl groups is 1. The summed E-state index contributed by atoms with van der Waals surface area (Å²) in [5, 5.41) is 9.87. The Labute approximate surface area is 513 Å². The summed E-state index contributed by atoms with van der Waals surface area (Å²) >= 11 is 0. The van der Waals surface area contributed by atoms with Crippen molar-refractivity contribution in [3.8, 4) is 0 Å². The molecule has 2 N–H and O–H groups in total. The van der Waals surface area contributed by atoms with Crippen LogP contribution in [-0.2, 0) is 42.2 Å². The highest BCUT2D eigenvalue weighted by Crippen LogP contribution is 2.43. The Morgan fingerprint density at radius 3 is 0.952 bits per heavy atom. The number of aliphatic hydroxyl groups excluding tert-OH is 1. The Hall–Kier alpha value is -4.12. The SMILES string of the molecule is CC/C=C\C/C=C\C/C=C\C/C=C\CCCCCCCCC(=O)OC(CO)COP(=O)(O)OCC(COC(=O)CCCCCCCCCCC/C=C\C/C=C\CCCCC)OC(=O)CCCCCCCC/C=C\C/C=C\C/C=C\C/C=C\CC. The molecule has 480 valence electrons. The van der Waals surface area contributed by atoms with Crippen molar-refractivity contribution >= 4 is 25.7 Å². The van der Waals surface area contributed by atoms with Gasteiger partial charge in [0, 0.05) is 19.3 Å². The van der Waals surface area contributed by atoms with Crippen LogP contribution in [0.4, 0.5) is 0 Å². The van der Waals surface area contributed by atoms with Crippen molar-refractivity contribution < 1.29 is 52.2 Å². The van der Waals surface area contributed by atoms with Gasteiger partial charge >= 0.3 is 25.7 Å². The predicted octanol–water partition coefficient (Wildman–Crippen LogP) is 20.7. The van der Waals surface area contributed by atoms with Crippen molar-refractivity contribution in [2.45, 2.75) is 290 Å². The van der Waals surface area contributed by atoms with Gasteiger partial charge in [0.15, 0.2) is 6.10 Å². The molecule has 0 aromatic rings. The smallest absolute Gasteiger partial charge is 0.462 e. The lowest BCUT2D eigenvalue weighted by Crippen LogP contribution is -2.30. The fourth-order valence-corrected chi connectivity index (χ4v) is 9.62. The molecule has 0 bridgehead atoms. The zero-order chi connectivity index (χ0) is 61.2. The molecule has 0 fully saturated rings. The lowest BCUT2D eigenvalue weighted by molar-refractivity contribution is -0.161. The molecule has 0 saturated heterocycles. The number of carbonyl (C=O) groups is 3. The topological polar surface area (TPSA) is 155 Å². The number of carbonyl (C=O) groups excluding carboxylic acids is 3. The molecule has 0 heterocycles. The molecular formula is C72H121O11P. The molecule has 12 heteroatoms. The molecule has 0 aromatic heterocycles. The van der Waals surface area contributed by atoms with E-state index in [4.69, 9.17) is 23.3 Å². The molecular weight excluding hydrogens is 1070 g/mol. The lowest BCUT2D eigenvalue weighted by Gasteiger charge is -2.21. The number of allylic oxidation sites excluding steroid dienone is 20. The van der Waals surface area contributed by atoms with Gasteiger partial charge in [-0.05, 0) is 128 Å². The summed E-state index contributed by atoms with van der Waals surface area (Å²) in [6.07, 6.45) is 81.4. The predicted molar refractivity (Wildman–Crippen MR) is 353 cm³/mol. The van der Waals surface area contributed by atoms with E-state index in [2.05, 4.69) is 142 Å². The molecule has 3 unspecified atom stereocenters. The number of phosphoric ester groups is 1. The van der Waals surface area contributed by atoms with Gasteiger partial charge in [0.25, 0.3) is 0 Å². The third kappa shape index (κ3) is 62.4. The Balaban J connectivity index is 4.74. The maximum Gasteiger partial charge on any atom is 0.472 e. The molecule has 84 heavy (non-hydrogen) atoms. The molecule has 0 rings (SSSR count). The highest BCUT2D eigenvalue weighted by Gasteiger charge is 2.28. The van der Waals surface area contributed by atoms with E-state index in [0.717, 1.165) is 161 Å². The van der Waals surface area contributed by atoms with Crippen LogP contribution in [-0.4, -0.2) is 66.5 Å². The zero-order valence-corrected chi connectivity index (χ0v) is 54.2. The van der Waals surface area contributed by atoms with Crippen LogP contribution in [0.2, 0.25) is 0 Å². The third-order valence-corrected chi connectivity index (χ3v) is 14.8. The van der Waals surface area contributed by atoms with E-state index in [9.17, 15) is 28.9 Å². The van der Waals surface area contributed by atoms with Gasteiger partial charge in [0.05, 0.1) is 19.8 Å². The Kier molecular flexibility index (Phi) is 61.7. The van der Waals surface area contributed by atoms with E-state index in [1.807, 2.05) is 0 Å². The van der Waals surface area contributed by atoms with Gasteiger partial charge in [0.1, 0.15) is 12.7 Å². The Bertz CT molecular complexity index is 1870. The van der Waals surface area contributed by atoms with Crippen molar-refractivity contribution in [1.29, 1.82) is 0 Å². The van der Waals surface area contributed by atoms with E-state index < -0.39 is 57.8 Å². The van der Waals surface area contributed by atoms with Gasteiger partial charge in [-0.15, -0.1) is 0 Å². The monoisotopic (exact) mass is 1190 g/mol. The summed E-state index contributed by atoms with van der Waals surface area (Å²) in [7, 11) is -4.77. The molecule has 0 aliphatic heterocycles. The molecule has 3 atom stereocenters. The Morgan fingerprint density at radius 1 is 0.345 bits per heavy atom. The molecule has 0 aliphatic carbocycles.